The van der Waals surface area contributed by atoms with Gasteiger partial charge in [0, 0.05) is 86.7 Å². The van der Waals surface area contributed by atoms with Crippen molar-refractivity contribution < 1.29 is 113 Å². The Kier molecular flexibility index (Phi) is 23.9. The van der Waals surface area contributed by atoms with Crippen molar-refractivity contribution in [2.45, 2.75) is 49.4 Å². The second-order valence-electron chi connectivity index (χ2n) is 21.8. The average Bonchev–Trinajstić information content (AvgIpc) is 0.774. The van der Waals surface area contributed by atoms with Gasteiger partial charge in [0.2, 0.25) is 0 Å². The molecule has 0 amide bonds. The van der Waals surface area contributed by atoms with E-state index in [1.165, 1.54) is 0 Å². The Morgan fingerprint density at radius 1 is 0.230 bits per heavy atom. The van der Waals surface area contributed by atoms with Gasteiger partial charge < -0.3 is 9.97 Å². The summed E-state index contributed by atoms with van der Waals surface area (Å²) in [5, 5.41) is 0. The van der Waals surface area contributed by atoms with Gasteiger partial charge in [-0.15, -0.1) is 0 Å². The summed E-state index contributed by atoms with van der Waals surface area (Å²) in [7, 11) is -32.0. The first-order chi connectivity index (χ1) is 45.1. The monoisotopic (exact) mass is 1540 g/mol. The Bertz CT molecular complexity index is 3840. The van der Waals surface area contributed by atoms with E-state index in [4.69, 9.17) is 49.8 Å². The van der Waals surface area contributed by atoms with Gasteiger partial charge in [-0.05, 0) is 160 Å². The van der Waals surface area contributed by atoms with Crippen LogP contribution in [0.4, 0.5) is 75.5 Å². The molecule has 0 aliphatic carbocycles. The number of fused-ring (bicyclic) bond motifs is 1. The Balaban J connectivity index is 0.000000252. The predicted molar refractivity (Wildman–Crippen MR) is 340 cm³/mol. The molecule has 12 nitrogen and oxygen atoms in total. The SMILES string of the molecule is CC(c1ccccn1)(c1ccccn1)c1cccc(C(C)(c2ccccn2)c2ccccn2)n1.CC(c1ccccn1)(c1ccccn1)c1cccc(C(C)(c2ccccn2)c2ccccn2)n1.F[P-](F)(F)(F)(F)F.F[P-](F)(F)(F)(F)F.F[P-](F)(F)(F)(F)F.[V].[V].c1ccc2[n-]cnc2c1. The minimum atomic E-state index is -10.7. The number of hydrogen-bond acceptors (Lipinski definition) is 11. The molecule has 0 aliphatic heterocycles. The zero-order chi connectivity index (χ0) is 72.2. The number of rotatable bonds is 12. The minimum Gasteiger partial charge on any atom is -0.443 e. The van der Waals surface area contributed by atoms with Crippen LogP contribution in [0.2, 0.25) is 0 Å². The molecular weight excluding hydrogens is 1490 g/mol. The van der Waals surface area contributed by atoms with Gasteiger partial charge in [-0.25, -0.2) is 0 Å². The van der Waals surface area contributed by atoms with E-state index in [1.807, 2.05) is 256 Å². The van der Waals surface area contributed by atoms with Gasteiger partial charge in [0.25, 0.3) is 0 Å². The first kappa shape index (κ1) is 82.1. The van der Waals surface area contributed by atoms with Crippen LogP contribution in [0, 0.1) is 0 Å². The van der Waals surface area contributed by atoms with Crippen LogP contribution in [0.1, 0.15) is 96.0 Å². The molecule has 0 spiro atoms. The molecule has 12 rings (SSSR count). The van der Waals surface area contributed by atoms with Crippen molar-refractivity contribution in [1.82, 2.24) is 59.8 Å². The minimum absolute atomic E-state index is 0. The first-order valence-corrected chi connectivity index (χ1v) is 34.5. The summed E-state index contributed by atoms with van der Waals surface area (Å²) in [6.45, 7) is 8.51. The normalized spacial score (nSPS) is 13.8. The first-order valence-electron chi connectivity index (χ1n) is 28.4. The molecule has 0 saturated heterocycles. The molecule has 35 heteroatoms. The van der Waals surface area contributed by atoms with Crippen LogP contribution in [0.5, 0.6) is 0 Å². The van der Waals surface area contributed by atoms with Gasteiger partial charge in [-0.3, -0.25) is 49.8 Å². The molecule has 12 aromatic rings. The largest absolute Gasteiger partial charge is 0.443 e. The number of pyridine rings is 10. The molecule has 0 N–H and O–H groups in total. The number of benzene rings is 1. The summed E-state index contributed by atoms with van der Waals surface area (Å²) in [4.78, 5) is 56.2. The number of halogens is 18. The van der Waals surface area contributed by atoms with E-state index >= 15 is 0 Å². The topological polar surface area (TPSA) is 156 Å². The van der Waals surface area contributed by atoms with E-state index in [-0.39, 0.29) is 37.1 Å². The second kappa shape index (κ2) is 29.2. The molecule has 0 unspecified atom stereocenters. The van der Waals surface area contributed by atoms with Crippen molar-refractivity contribution in [3.8, 4) is 0 Å². The van der Waals surface area contributed by atoms with Crippen LogP contribution in [0.25, 0.3) is 11.0 Å². The Hall–Kier alpha value is -8.61. The van der Waals surface area contributed by atoms with Crippen LogP contribution >= 0.6 is 23.4 Å². The van der Waals surface area contributed by atoms with Gasteiger partial charge in [0.05, 0.1) is 90.0 Å². The molecule has 11 heterocycles. The molecule has 0 atom stereocenters. The van der Waals surface area contributed by atoms with Gasteiger partial charge in [-0.2, -0.15) is 0 Å². The van der Waals surface area contributed by atoms with Crippen LogP contribution in [0.15, 0.2) is 262 Å². The second-order valence-corrected chi connectivity index (χ2v) is 27.5. The van der Waals surface area contributed by atoms with Crippen molar-refractivity contribution in [2.24, 2.45) is 0 Å². The Labute approximate surface area is 583 Å². The van der Waals surface area contributed by atoms with E-state index < -0.39 is 45.1 Å². The van der Waals surface area contributed by atoms with E-state index in [1.54, 1.807) is 6.33 Å². The summed E-state index contributed by atoms with van der Waals surface area (Å²) < 4.78 is 178. The Morgan fingerprint density at radius 2 is 0.400 bits per heavy atom. The zero-order valence-electron chi connectivity index (χ0n) is 52.2. The quantitative estimate of drug-likeness (QED) is 0.0844. The molecular formula is C65H55F18N12P3V2-4. The number of hydrogen-bond donors (Lipinski definition) is 0. The predicted octanol–water partition coefficient (Wildman–Crippen LogP) is 22.1. The maximum absolute atomic E-state index is 10.7. The van der Waals surface area contributed by atoms with Gasteiger partial charge in [0.1, 0.15) is 0 Å². The van der Waals surface area contributed by atoms with Gasteiger partial charge >= 0.3 is 99.0 Å². The third kappa shape index (κ3) is 25.8. The fraction of sp³-hybridized carbons (Fsp3) is 0.123. The van der Waals surface area contributed by atoms with Crippen molar-refractivity contribution in [2.75, 3.05) is 0 Å². The summed E-state index contributed by atoms with van der Waals surface area (Å²) in [6, 6.07) is 67.7. The van der Waals surface area contributed by atoms with Gasteiger partial charge in [0.15, 0.2) is 0 Å². The van der Waals surface area contributed by atoms with E-state index in [0.717, 1.165) is 79.4 Å². The van der Waals surface area contributed by atoms with Crippen LogP contribution < -0.4 is 4.98 Å². The average molecular weight is 1540 g/mol. The van der Waals surface area contributed by atoms with E-state index in [0.29, 0.717) is 0 Å². The number of aromatic nitrogens is 12. The third-order valence-electron chi connectivity index (χ3n) is 14.2. The molecule has 0 saturated carbocycles. The molecule has 2 radical (unpaired) electrons. The fourth-order valence-corrected chi connectivity index (χ4v) is 9.66. The van der Waals surface area contributed by atoms with Crippen molar-refractivity contribution in [3.63, 3.8) is 0 Å². The van der Waals surface area contributed by atoms with Crippen LogP contribution in [-0.2, 0) is 58.8 Å². The summed E-state index contributed by atoms with van der Waals surface area (Å²) in [6.07, 6.45) is 16.1. The standard InChI is InChI=1S/2C29H25N5.C7H5N2.3F6P.2V/c2*1-28(22-12-3-7-18-30-22,23-13-4-8-19-31-23)26-16-11-17-27(34-26)29(2,24-14-5-9-20-32-24)25-15-6-10-21-33-25;1-2-4-7-6(3-1)8-5-9-7;3*1-7(2,3,4,5)6;;/h2*3-21H,1-2H3;1-5H;;;;;/q;;4*-1;;. The smallest absolute Gasteiger partial charge is 0 e. The van der Waals surface area contributed by atoms with Crippen LogP contribution in [-0.4, -0.2) is 54.8 Å². The van der Waals surface area contributed by atoms with Crippen molar-refractivity contribution in [1.29, 1.82) is 0 Å². The molecule has 530 valence electrons. The molecule has 0 bridgehead atoms. The maximum atomic E-state index is 9.87. The van der Waals surface area contributed by atoms with Gasteiger partial charge in [-0.1, -0.05) is 91.3 Å². The Morgan fingerprint density at radius 3 is 0.570 bits per heavy atom. The van der Waals surface area contributed by atoms with E-state index in [9.17, 15) is 75.5 Å². The maximum Gasteiger partial charge on any atom is 0 e. The van der Waals surface area contributed by atoms with E-state index in [2.05, 4.69) is 37.7 Å². The summed E-state index contributed by atoms with van der Waals surface area (Å²) >= 11 is 0. The number of imidazole rings is 1. The molecule has 100 heavy (non-hydrogen) atoms. The third-order valence-corrected chi connectivity index (χ3v) is 14.2. The van der Waals surface area contributed by atoms with Crippen molar-refractivity contribution >= 4 is 34.5 Å². The van der Waals surface area contributed by atoms with Crippen molar-refractivity contribution in [3.05, 3.63) is 330 Å². The van der Waals surface area contributed by atoms with Crippen LogP contribution in [0.3, 0.4) is 0 Å². The molecule has 0 aliphatic rings. The fourth-order valence-electron chi connectivity index (χ4n) is 9.66. The summed E-state index contributed by atoms with van der Waals surface area (Å²) in [5.41, 5.74) is 9.88. The zero-order valence-corrected chi connectivity index (χ0v) is 57.7. The molecule has 0 fully saturated rings. The number of nitrogens with zero attached hydrogens (tertiary/aromatic N) is 12. The molecule has 1 aromatic carbocycles. The molecule has 11 aromatic heterocycles. The number of para-hydroxylation sites is 2. The summed E-state index contributed by atoms with van der Waals surface area (Å²) in [5.74, 6) is 0.